The zero-order valence-electron chi connectivity index (χ0n) is 13.7. The molecule has 0 saturated heterocycles. The van der Waals surface area contributed by atoms with Gasteiger partial charge in [0.05, 0.1) is 0 Å². The maximum atomic E-state index is 6.12. The van der Waals surface area contributed by atoms with Gasteiger partial charge in [0.25, 0.3) is 0 Å². The quantitative estimate of drug-likeness (QED) is 0.695. The molecule has 2 heteroatoms. The third-order valence-electron chi connectivity index (χ3n) is 4.25. The summed E-state index contributed by atoms with van der Waals surface area (Å²) < 4.78 is 0. The molecule has 1 rings (SSSR count). The van der Waals surface area contributed by atoms with Crippen molar-refractivity contribution in [2.75, 3.05) is 19.6 Å². The molecule has 0 bridgehead atoms. The molecule has 1 unspecified atom stereocenters. The summed E-state index contributed by atoms with van der Waals surface area (Å²) in [6.45, 7) is 12.0. The van der Waals surface area contributed by atoms with Gasteiger partial charge in [-0.2, -0.15) is 0 Å². The zero-order chi connectivity index (χ0) is 15.0. The fourth-order valence-electron chi connectivity index (χ4n) is 2.65. The van der Waals surface area contributed by atoms with Crippen molar-refractivity contribution in [3.8, 4) is 0 Å². The summed E-state index contributed by atoms with van der Waals surface area (Å²) >= 11 is 0. The molecule has 0 spiro atoms. The van der Waals surface area contributed by atoms with Crippen LogP contribution in [0, 0.1) is 0 Å². The Bertz CT molecular complexity index is 361. The average molecular weight is 276 g/mol. The summed E-state index contributed by atoms with van der Waals surface area (Å²) in [6.07, 6.45) is 3.87. The Balaban J connectivity index is 2.77. The number of hydrogen-bond donors (Lipinski definition) is 1. The lowest BCUT2D eigenvalue weighted by atomic mass is 9.81. The third-order valence-corrected chi connectivity index (χ3v) is 4.25. The van der Waals surface area contributed by atoms with E-state index in [1.54, 1.807) is 0 Å². The third kappa shape index (κ3) is 4.92. The minimum absolute atomic E-state index is 0.0394. The molecule has 1 atom stereocenters. The van der Waals surface area contributed by atoms with E-state index in [2.05, 4.69) is 62.9 Å². The highest BCUT2D eigenvalue weighted by Gasteiger charge is 2.28. The van der Waals surface area contributed by atoms with E-state index in [1.807, 2.05) is 0 Å². The molecule has 0 aliphatic carbocycles. The largest absolute Gasteiger partial charge is 0.330 e. The number of unbranched alkanes of at least 4 members (excludes halogenated alkanes) is 2. The van der Waals surface area contributed by atoms with E-state index in [0.29, 0.717) is 12.6 Å². The summed E-state index contributed by atoms with van der Waals surface area (Å²) in [5, 5.41) is 0. The first kappa shape index (κ1) is 17.2. The van der Waals surface area contributed by atoms with E-state index in [0.717, 1.165) is 6.54 Å². The second-order valence-corrected chi connectivity index (χ2v) is 6.40. The van der Waals surface area contributed by atoms with E-state index in [-0.39, 0.29) is 5.41 Å². The van der Waals surface area contributed by atoms with Crippen LogP contribution in [0.25, 0.3) is 0 Å². The van der Waals surface area contributed by atoms with Crippen LogP contribution in [0.15, 0.2) is 30.3 Å². The molecule has 0 aromatic heterocycles. The Morgan fingerprint density at radius 1 is 1.15 bits per heavy atom. The molecule has 114 valence electrons. The molecule has 1 aromatic rings. The van der Waals surface area contributed by atoms with Gasteiger partial charge in [0, 0.05) is 24.5 Å². The minimum Gasteiger partial charge on any atom is -0.330 e. The molecule has 1 aromatic carbocycles. The van der Waals surface area contributed by atoms with Crippen molar-refractivity contribution >= 4 is 0 Å². The lowest BCUT2D eigenvalue weighted by molar-refractivity contribution is 0.173. The van der Waals surface area contributed by atoms with Gasteiger partial charge in [-0.05, 0) is 32.4 Å². The number of nitrogens with zero attached hydrogens (tertiary/aromatic N) is 1. The van der Waals surface area contributed by atoms with Crippen molar-refractivity contribution in [2.45, 2.75) is 58.4 Å². The Morgan fingerprint density at radius 2 is 1.80 bits per heavy atom. The second kappa shape index (κ2) is 8.43. The topological polar surface area (TPSA) is 29.3 Å². The molecular weight excluding hydrogens is 244 g/mol. The first-order valence-electron chi connectivity index (χ1n) is 8.03. The summed E-state index contributed by atoms with van der Waals surface area (Å²) in [5.74, 6) is 0. The van der Waals surface area contributed by atoms with E-state index in [4.69, 9.17) is 5.73 Å². The molecule has 0 aliphatic heterocycles. The Hall–Kier alpha value is -0.860. The van der Waals surface area contributed by atoms with Crippen molar-refractivity contribution in [3.63, 3.8) is 0 Å². The maximum absolute atomic E-state index is 6.12. The predicted molar refractivity (Wildman–Crippen MR) is 89.1 cm³/mol. The van der Waals surface area contributed by atoms with Gasteiger partial charge in [0.2, 0.25) is 0 Å². The van der Waals surface area contributed by atoms with Gasteiger partial charge >= 0.3 is 0 Å². The summed E-state index contributed by atoms with van der Waals surface area (Å²) in [7, 11) is 0. The first-order valence-corrected chi connectivity index (χ1v) is 8.03. The number of rotatable bonds is 9. The van der Waals surface area contributed by atoms with Crippen LogP contribution in [0.3, 0.4) is 0 Å². The lowest BCUT2D eigenvalue weighted by Crippen LogP contribution is -2.46. The molecule has 0 heterocycles. The van der Waals surface area contributed by atoms with Crippen molar-refractivity contribution in [1.29, 1.82) is 0 Å². The standard InChI is InChI=1S/C18H32N2/c1-5-6-10-13-20(16(2)3)15-18(4,14-19)17-11-8-7-9-12-17/h7-9,11-12,16H,5-6,10,13-15,19H2,1-4H3. The fraction of sp³-hybridized carbons (Fsp3) is 0.667. The van der Waals surface area contributed by atoms with Gasteiger partial charge < -0.3 is 10.6 Å². The van der Waals surface area contributed by atoms with Crippen LogP contribution in [0.4, 0.5) is 0 Å². The lowest BCUT2D eigenvalue weighted by Gasteiger charge is -2.37. The molecule has 0 fully saturated rings. The predicted octanol–water partition coefficient (Wildman–Crippen LogP) is 3.80. The van der Waals surface area contributed by atoms with Crippen LogP contribution in [0.1, 0.15) is 52.5 Å². The molecule has 2 N–H and O–H groups in total. The van der Waals surface area contributed by atoms with Gasteiger partial charge in [-0.25, -0.2) is 0 Å². The van der Waals surface area contributed by atoms with E-state index in [9.17, 15) is 0 Å². The first-order chi connectivity index (χ1) is 9.53. The van der Waals surface area contributed by atoms with Gasteiger partial charge in [-0.1, -0.05) is 57.0 Å². The zero-order valence-corrected chi connectivity index (χ0v) is 13.7. The van der Waals surface area contributed by atoms with Crippen LogP contribution in [-0.4, -0.2) is 30.6 Å². The Labute approximate surface area is 125 Å². The van der Waals surface area contributed by atoms with Gasteiger partial charge in [-0.15, -0.1) is 0 Å². The molecule has 0 aliphatic rings. The average Bonchev–Trinajstić information content (AvgIpc) is 2.47. The summed E-state index contributed by atoms with van der Waals surface area (Å²) in [4.78, 5) is 2.58. The number of benzene rings is 1. The van der Waals surface area contributed by atoms with Gasteiger partial charge in [0.15, 0.2) is 0 Å². The molecule has 2 nitrogen and oxygen atoms in total. The summed E-state index contributed by atoms with van der Waals surface area (Å²) in [5.41, 5.74) is 7.51. The van der Waals surface area contributed by atoms with Crippen LogP contribution in [0.2, 0.25) is 0 Å². The van der Waals surface area contributed by atoms with Crippen LogP contribution in [0.5, 0.6) is 0 Å². The molecular formula is C18H32N2. The normalized spacial score (nSPS) is 14.8. The highest BCUT2D eigenvalue weighted by atomic mass is 15.2. The molecule has 20 heavy (non-hydrogen) atoms. The van der Waals surface area contributed by atoms with Crippen molar-refractivity contribution in [2.24, 2.45) is 5.73 Å². The SMILES string of the molecule is CCCCCN(CC(C)(CN)c1ccccc1)C(C)C. The van der Waals surface area contributed by atoms with Crippen LogP contribution >= 0.6 is 0 Å². The van der Waals surface area contributed by atoms with Gasteiger partial charge in [0.1, 0.15) is 0 Å². The molecule has 0 amide bonds. The smallest absolute Gasteiger partial charge is 0.0174 e. The maximum Gasteiger partial charge on any atom is 0.0174 e. The number of nitrogens with two attached hydrogens (primary N) is 1. The van der Waals surface area contributed by atoms with Crippen LogP contribution in [-0.2, 0) is 5.41 Å². The second-order valence-electron chi connectivity index (χ2n) is 6.40. The Kier molecular flexibility index (Phi) is 7.25. The van der Waals surface area contributed by atoms with Crippen molar-refractivity contribution in [1.82, 2.24) is 4.90 Å². The summed E-state index contributed by atoms with van der Waals surface area (Å²) in [6, 6.07) is 11.3. The molecule has 0 saturated carbocycles. The van der Waals surface area contributed by atoms with E-state index in [1.165, 1.54) is 31.4 Å². The van der Waals surface area contributed by atoms with Crippen LogP contribution < -0.4 is 5.73 Å². The van der Waals surface area contributed by atoms with Gasteiger partial charge in [-0.3, -0.25) is 0 Å². The highest BCUT2D eigenvalue weighted by Crippen LogP contribution is 2.25. The molecule has 0 radical (unpaired) electrons. The number of hydrogen-bond acceptors (Lipinski definition) is 2. The van der Waals surface area contributed by atoms with Crippen molar-refractivity contribution < 1.29 is 0 Å². The minimum atomic E-state index is 0.0394. The monoisotopic (exact) mass is 276 g/mol. The van der Waals surface area contributed by atoms with E-state index >= 15 is 0 Å². The van der Waals surface area contributed by atoms with E-state index < -0.39 is 0 Å². The highest BCUT2D eigenvalue weighted by molar-refractivity contribution is 5.25. The fourth-order valence-corrected chi connectivity index (χ4v) is 2.65. The Morgan fingerprint density at radius 3 is 2.30 bits per heavy atom. The van der Waals surface area contributed by atoms with Crippen molar-refractivity contribution in [3.05, 3.63) is 35.9 Å².